The molecule has 0 N–H and O–H groups in total. The molecule has 0 radical (unpaired) electrons. The Kier molecular flexibility index (Phi) is 38.3. The Morgan fingerprint density at radius 1 is 0.182 bits per heavy atom. The van der Waals surface area contributed by atoms with Crippen molar-refractivity contribution in [1.82, 2.24) is 0 Å². The fourth-order valence-electron chi connectivity index (χ4n) is 7.82. The second kappa shape index (κ2) is 37.9. The first-order valence-corrected chi connectivity index (χ1v) is 24.6. The van der Waals surface area contributed by atoms with Gasteiger partial charge in [0.1, 0.15) is 0 Å². The fraction of sp³-hybridized carbons (Fsp3) is 1.00. The Hall–Kier alpha value is 0.430. The first kappa shape index (κ1) is 44.4. The molecule has 0 aromatic heterocycles. The van der Waals surface area contributed by atoms with Crippen LogP contribution >= 0.6 is 7.26 Å². The molecule has 0 unspecified atom stereocenters. The molecule has 0 atom stereocenters. The molecule has 44 heavy (non-hydrogen) atoms. The van der Waals surface area contributed by atoms with Crippen molar-refractivity contribution in [3.63, 3.8) is 0 Å². The standard InChI is InChI=1S/C43H91P/c1-5-9-13-17-20-23-26-29-33-37-41-44(40-36-32-16-12-8-4,42-38-34-30-27-24-21-18-14-10-6-2)43-39-35-31-28-25-22-19-15-11-7-3/h44H,5-43H2,1-4H3. The quantitative estimate of drug-likeness (QED) is 0.0464. The molecule has 0 aliphatic rings. The van der Waals surface area contributed by atoms with Gasteiger partial charge in [0, 0.05) is 0 Å². The second-order valence-corrected chi connectivity index (χ2v) is 20.5. The predicted molar refractivity (Wildman–Crippen MR) is 212 cm³/mol. The zero-order valence-corrected chi connectivity index (χ0v) is 33.1. The molecule has 0 spiro atoms. The molecule has 0 aromatic rings. The Balaban J connectivity index is 4.72. The van der Waals surface area contributed by atoms with Crippen molar-refractivity contribution < 1.29 is 0 Å². The van der Waals surface area contributed by atoms with Gasteiger partial charge in [0.2, 0.25) is 0 Å². The molecule has 1 heteroatoms. The third kappa shape index (κ3) is 32.4. The van der Waals surface area contributed by atoms with E-state index in [2.05, 4.69) is 27.7 Å². The van der Waals surface area contributed by atoms with Crippen molar-refractivity contribution >= 4 is 7.26 Å². The first-order chi connectivity index (χ1) is 21.7. The Bertz CT molecular complexity index is 439. The SMILES string of the molecule is CCCCCCCCCCCC[PH](CCCCCCC)(CCCCCCCCCCCC)CCCCCCCCCCCC. The molecule has 0 fully saturated rings. The van der Waals surface area contributed by atoms with Gasteiger partial charge in [-0.3, -0.25) is 0 Å². The van der Waals surface area contributed by atoms with Gasteiger partial charge in [-0.1, -0.05) is 0 Å². The van der Waals surface area contributed by atoms with Gasteiger partial charge in [0.15, 0.2) is 0 Å². The van der Waals surface area contributed by atoms with Crippen LogP contribution in [0.25, 0.3) is 0 Å². The molecule has 0 saturated carbocycles. The topological polar surface area (TPSA) is 0 Å². The van der Waals surface area contributed by atoms with Crippen molar-refractivity contribution in [2.24, 2.45) is 0 Å². The minimum atomic E-state index is -1.13. The third-order valence-corrected chi connectivity index (χ3v) is 16.6. The van der Waals surface area contributed by atoms with Crippen molar-refractivity contribution in [2.75, 3.05) is 24.6 Å². The number of hydrogen-bond donors (Lipinski definition) is 0. The summed E-state index contributed by atoms with van der Waals surface area (Å²) in [6.07, 6.45) is 58.9. The van der Waals surface area contributed by atoms with Crippen LogP contribution in [0.4, 0.5) is 0 Å². The molecule has 0 nitrogen and oxygen atoms in total. The molecular formula is C43H91P. The zero-order chi connectivity index (χ0) is 32.1. The Morgan fingerprint density at radius 2 is 0.318 bits per heavy atom. The van der Waals surface area contributed by atoms with Crippen LogP contribution in [0, 0.1) is 0 Å². The van der Waals surface area contributed by atoms with E-state index in [-0.39, 0.29) is 0 Å². The number of hydrogen-bond acceptors (Lipinski definition) is 0. The zero-order valence-electron chi connectivity index (χ0n) is 32.1. The van der Waals surface area contributed by atoms with Crippen LogP contribution in [0.15, 0.2) is 0 Å². The van der Waals surface area contributed by atoms with E-state index in [9.17, 15) is 0 Å². The van der Waals surface area contributed by atoms with Gasteiger partial charge in [-0.15, -0.1) is 0 Å². The summed E-state index contributed by atoms with van der Waals surface area (Å²) in [4.78, 5) is 0. The monoisotopic (exact) mass is 639 g/mol. The van der Waals surface area contributed by atoms with Crippen LogP contribution in [0.5, 0.6) is 0 Å². The van der Waals surface area contributed by atoms with Crippen LogP contribution in [0.2, 0.25) is 0 Å². The summed E-state index contributed by atoms with van der Waals surface area (Å²) in [6.45, 7) is 9.38. The van der Waals surface area contributed by atoms with E-state index in [0.29, 0.717) is 0 Å². The maximum absolute atomic E-state index is 2.38. The molecule has 268 valence electrons. The normalized spacial score (nSPS) is 12.4. The summed E-state index contributed by atoms with van der Waals surface area (Å²) in [5.41, 5.74) is 0. The maximum atomic E-state index is 2.38. The van der Waals surface area contributed by atoms with Crippen molar-refractivity contribution in [1.29, 1.82) is 0 Å². The van der Waals surface area contributed by atoms with Crippen LogP contribution in [0.1, 0.15) is 252 Å². The van der Waals surface area contributed by atoms with Gasteiger partial charge in [-0.2, -0.15) is 0 Å². The molecule has 0 aromatic carbocycles. The molecule has 0 aliphatic carbocycles. The Morgan fingerprint density at radius 3 is 0.477 bits per heavy atom. The number of unbranched alkanes of at least 4 members (excludes halogenated alkanes) is 31. The van der Waals surface area contributed by atoms with E-state index in [4.69, 9.17) is 0 Å². The van der Waals surface area contributed by atoms with Gasteiger partial charge in [0.05, 0.1) is 0 Å². The van der Waals surface area contributed by atoms with Gasteiger partial charge in [0.25, 0.3) is 0 Å². The van der Waals surface area contributed by atoms with Gasteiger partial charge in [-0.05, 0) is 0 Å². The van der Waals surface area contributed by atoms with Gasteiger partial charge in [-0.25, -0.2) is 0 Å². The Labute approximate surface area is 283 Å². The summed E-state index contributed by atoms with van der Waals surface area (Å²) in [5.74, 6) is 0. The molecule has 0 saturated heterocycles. The molecule has 0 rings (SSSR count). The van der Waals surface area contributed by atoms with E-state index in [1.807, 2.05) is 0 Å². The van der Waals surface area contributed by atoms with Crippen LogP contribution in [0.3, 0.4) is 0 Å². The molecular weight excluding hydrogens is 547 g/mol. The summed E-state index contributed by atoms with van der Waals surface area (Å²) < 4.78 is 0. The summed E-state index contributed by atoms with van der Waals surface area (Å²) in [6, 6.07) is 0. The van der Waals surface area contributed by atoms with Crippen molar-refractivity contribution in [3.8, 4) is 0 Å². The van der Waals surface area contributed by atoms with Gasteiger partial charge < -0.3 is 0 Å². The average molecular weight is 639 g/mol. The van der Waals surface area contributed by atoms with E-state index >= 15 is 0 Å². The summed E-state index contributed by atoms with van der Waals surface area (Å²) >= 11 is 0. The van der Waals surface area contributed by atoms with Crippen LogP contribution in [-0.2, 0) is 0 Å². The van der Waals surface area contributed by atoms with Gasteiger partial charge >= 0.3 is 284 Å². The van der Waals surface area contributed by atoms with E-state index in [1.54, 1.807) is 50.3 Å². The predicted octanol–water partition coefficient (Wildman–Crippen LogP) is 16.5. The van der Waals surface area contributed by atoms with E-state index in [1.165, 1.54) is 199 Å². The molecule has 0 bridgehead atoms. The fourth-order valence-corrected chi connectivity index (χ4v) is 13.3. The number of rotatable bonds is 39. The van der Waals surface area contributed by atoms with Crippen molar-refractivity contribution in [3.05, 3.63) is 0 Å². The summed E-state index contributed by atoms with van der Waals surface area (Å²) in [7, 11) is -1.13. The molecule has 0 amide bonds. The van der Waals surface area contributed by atoms with Crippen molar-refractivity contribution in [2.45, 2.75) is 252 Å². The summed E-state index contributed by atoms with van der Waals surface area (Å²) in [5, 5.41) is 0. The average Bonchev–Trinajstić information content (AvgIpc) is 3.03. The van der Waals surface area contributed by atoms with Crippen LogP contribution < -0.4 is 0 Å². The minimum absolute atomic E-state index is 1.13. The molecule has 0 heterocycles. The van der Waals surface area contributed by atoms with Crippen LogP contribution in [-0.4, -0.2) is 24.6 Å². The van der Waals surface area contributed by atoms with E-state index < -0.39 is 7.26 Å². The second-order valence-electron chi connectivity index (χ2n) is 15.5. The molecule has 0 aliphatic heterocycles. The first-order valence-electron chi connectivity index (χ1n) is 21.7. The van der Waals surface area contributed by atoms with E-state index in [0.717, 1.165) is 0 Å². The third-order valence-electron chi connectivity index (χ3n) is 11.0.